The number of hydrogen-bond donors (Lipinski definition) is 0. The summed E-state index contributed by atoms with van der Waals surface area (Å²) < 4.78 is 13.0. The number of carbonyl (C=O) groups is 1. The number of carbonyl (C=O) groups excluding carboxylic acids is 1. The van der Waals surface area contributed by atoms with E-state index in [1.165, 1.54) is 12.1 Å². The van der Waals surface area contributed by atoms with Crippen molar-refractivity contribution in [3.05, 3.63) is 34.6 Å². The Morgan fingerprint density at radius 2 is 2.00 bits per heavy atom. The highest BCUT2D eigenvalue weighted by Crippen LogP contribution is 2.20. The molecule has 2 nitrogen and oxygen atoms in total. The van der Waals surface area contributed by atoms with Crippen molar-refractivity contribution in [3.8, 4) is 0 Å². The van der Waals surface area contributed by atoms with Crippen LogP contribution in [-0.4, -0.2) is 23.8 Å². The lowest BCUT2D eigenvalue weighted by Gasteiger charge is -2.26. The molecule has 0 unspecified atom stereocenters. The summed E-state index contributed by atoms with van der Waals surface area (Å²) in [5.74, 6) is 0.0362. The zero-order valence-corrected chi connectivity index (χ0v) is 9.63. The van der Waals surface area contributed by atoms with Gasteiger partial charge in [-0.25, -0.2) is 4.39 Å². The van der Waals surface area contributed by atoms with E-state index >= 15 is 0 Å². The van der Waals surface area contributed by atoms with Crippen LogP contribution >= 0.6 is 11.6 Å². The SMILES string of the molecule is O=C1CCN(Cc2cc(F)ccc2Cl)CC1. The summed E-state index contributed by atoms with van der Waals surface area (Å²) >= 11 is 5.98. The van der Waals surface area contributed by atoms with Gasteiger partial charge < -0.3 is 0 Å². The summed E-state index contributed by atoms with van der Waals surface area (Å²) in [5, 5.41) is 0.582. The summed E-state index contributed by atoms with van der Waals surface area (Å²) in [6.45, 7) is 2.10. The number of ketones is 1. The molecule has 1 heterocycles. The zero-order valence-electron chi connectivity index (χ0n) is 8.88. The molecule has 0 amide bonds. The van der Waals surface area contributed by atoms with E-state index in [1.807, 2.05) is 0 Å². The number of benzene rings is 1. The second-order valence-corrected chi connectivity index (χ2v) is 4.46. The van der Waals surface area contributed by atoms with Crippen LogP contribution in [0.25, 0.3) is 0 Å². The van der Waals surface area contributed by atoms with E-state index < -0.39 is 0 Å². The molecule has 16 heavy (non-hydrogen) atoms. The van der Waals surface area contributed by atoms with Crippen LogP contribution in [0.3, 0.4) is 0 Å². The number of Topliss-reactive ketones (excluding diaryl/α,β-unsaturated/α-hetero) is 1. The smallest absolute Gasteiger partial charge is 0.135 e. The summed E-state index contributed by atoms with van der Waals surface area (Å²) in [6, 6.07) is 4.38. The molecule has 1 saturated heterocycles. The molecule has 1 aliphatic rings. The van der Waals surface area contributed by atoms with Gasteiger partial charge in [-0.2, -0.15) is 0 Å². The van der Waals surface area contributed by atoms with Gasteiger partial charge in [-0.15, -0.1) is 0 Å². The van der Waals surface area contributed by atoms with E-state index in [2.05, 4.69) is 4.90 Å². The second kappa shape index (κ2) is 4.93. The van der Waals surface area contributed by atoms with Crippen LogP contribution < -0.4 is 0 Å². The molecule has 0 atom stereocenters. The summed E-state index contributed by atoms with van der Waals surface area (Å²) in [7, 11) is 0. The third kappa shape index (κ3) is 2.80. The van der Waals surface area contributed by atoms with Gasteiger partial charge in [0.05, 0.1) is 0 Å². The topological polar surface area (TPSA) is 20.3 Å². The fraction of sp³-hybridized carbons (Fsp3) is 0.417. The average Bonchev–Trinajstić information content (AvgIpc) is 2.27. The zero-order chi connectivity index (χ0) is 11.5. The van der Waals surface area contributed by atoms with Gasteiger partial charge in [0, 0.05) is 37.5 Å². The maximum absolute atomic E-state index is 13.0. The molecule has 2 rings (SSSR count). The van der Waals surface area contributed by atoms with Crippen LogP contribution in [0.4, 0.5) is 4.39 Å². The highest BCUT2D eigenvalue weighted by Gasteiger charge is 2.17. The standard InChI is InChI=1S/C12H13ClFNO/c13-12-2-1-10(14)7-9(12)8-15-5-3-11(16)4-6-15/h1-2,7H,3-6,8H2. The third-order valence-corrected chi connectivity index (χ3v) is 3.18. The van der Waals surface area contributed by atoms with Crippen LogP contribution in [-0.2, 0) is 11.3 Å². The first kappa shape index (κ1) is 11.6. The molecule has 0 bridgehead atoms. The molecule has 1 aromatic carbocycles. The Kier molecular flexibility index (Phi) is 3.56. The van der Waals surface area contributed by atoms with Crippen LogP contribution in [0.2, 0.25) is 5.02 Å². The molecule has 1 aliphatic heterocycles. The first-order valence-electron chi connectivity index (χ1n) is 5.33. The van der Waals surface area contributed by atoms with Crippen molar-refractivity contribution in [2.45, 2.75) is 19.4 Å². The molecular formula is C12H13ClFNO. The van der Waals surface area contributed by atoms with Gasteiger partial charge >= 0.3 is 0 Å². The van der Waals surface area contributed by atoms with Crippen molar-refractivity contribution < 1.29 is 9.18 Å². The highest BCUT2D eigenvalue weighted by atomic mass is 35.5. The highest BCUT2D eigenvalue weighted by molar-refractivity contribution is 6.31. The van der Waals surface area contributed by atoms with Crippen LogP contribution in [0.15, 0.2) is 18.2 Å². The van der Waals surface area contributed by atoms with Crippen molar-refractivity contribution in [3.63, 3.8) is 0 Å². The molecule has 4 heteroatoms. The monoisotopic (exact) mass is 241 g/mol. The first-order chi connectivity index (χ1) is 7.65. The maximum Gasteiger partial charge on any atom is 0.135 e. The van der Waals surface area contributed by atoms with E-state index in [1.54, 1.807) is 6.07 Å². The Labute approximate surface area is 99.0 Å². The molecule has 1 fully saturated rings. The number of rotatable bonds is 2. The molecule has 86 valence electrons. The Hall–Kier alpha value is -0.930. The minimum absolute atomic E-state index is 0.271. The van der Waals surface area contributed by atoms with Gasteiger partial charge in [-0.1, -0.05) is 11.6 Å². The number of hydrogen-bond acceptors (Lipinski definition) is 2. The van der Waals surface area contributed by atoms with Crippen molar-refractivity contribution >= 4 is 17.4 Å². The molecule has 1 aromatic rings. The number of halogens is 2. The first-order valence-corrected chi connectivity index (χ1v) is 5.71. The second-order valence-electron chi connectivity index (χ2n) is 4.05. The van der Waals surface area contributed by atoms with Crippen molar-refractivity contribution in [2.24, 2.45) is 0 Å². The van der Waals surface area contributed by atoms with Gasteiger partial charge in [0.2, 0.25) is 0 Å². The lowest BCUT2D eigenvalue weighted by Crippen LogP contribution is -2.33. The van der Waals surface area contributed by atoms with E-state index in [0.29, 0.717) is 30.2 Å². The summed E-state index contributed by atoms with van der Waals surface area (Å²) in [4.78, 5) is 13.2. The van der Waals surface area contributed by atoms with Gasteiger partial charge in [-0.3, -0.25) is 9.69 Å². The number of piperidine rings is 1. The fourth-order valence-corrected chi connectivity index (χ4v) is 2.04. The fourth-order valence-electron chi connectivity index (χ4n) is 1.87. The van der Waals surface area contributed by atoms with Gasteiger partial charge in [-0.05, 0) is 23.8 Å². The van der Waals surface area contributed by atoms with Gasteiger partial charge in [0.15, 0.2) is 0 Å². The van der Waals surface area contributed by atoms with E-state index in [9.17, 15) is 9.18 Å². The number of nitrogens with zero attached hydrogens (tertiary/aromatic N) is 1. The van der Waals surface area contributed by atoms with Crippen LogP contribution in [0.1, 0.15) is 18.4 Å². The molecular weight excluding hydrogens is 229 g/mol. The lowest BCUT2D eigenvalue weighted by molar-refractivity contribution is -0.121. The van der Waals surface area contributed by atoms with Gasteiger partial charge in [0.25, 0.3) is 0 Å². The predicted octanol–water partition coefficient (Wildman–Crippen LogP) is 2.64. The van der Waals surface area contributed by atoms with Crippen molar-refractivity contribution in [1.29, 1.82) is 0 Å². The molecule has 0 radical (unpaired) electrons. The lowest BCUT2D eigenvalue weighted by atomic mass is 10.1. The molecule has 0 saturated carbocycles. The molecule has 0 N–H and O–H groups in total. The third-order valence-electron chi connectivity index (χ3n) is 2.82. The molecule has 0 aromatic heterocycles. The normalized spacial score (nSPS) is 17.8. The van der Waals surface area contributed by atoms with Crippen LogP contribution in [0, 0.1) is 5.82 Å². The molecule has 0 spiro atoms. The summed E-state index contributed by atoms with van der Waals surface area (Å²) in [6.07, 6.45) is 1.18. The van der Waals surface area contributed by atoms with Crippen molar-refractivity contribution in [1.82, 2.24) is 4.90 Å². The van der Waals surface area contributed by atoms with Crippen molar-refractivity contribution in [2.75, 3.05) is 13.1 Å². The summed E-state index contributed by atoms with van der Waals surface area (Å²) in [5.41, 5.74) is 0.788. The minimum Gasteiger partial charge on any atom is -0.300 e. The minimum atomic E-state index is -0.271. The average molecular weight is 242 g/mol. The van der Waals surface area contributed by atoms with E-state index in [0.717, 1.165) is 18.7 Å². The van der Waals surface area contributed by atoms with E-state index in [-0.39, 0.29) is 5.82 Å². The Morgan fingerprint density at radius 3 is 2.69 bits per heavy atom. The Morgan fingerprint density at radius 1 is 1.31 bits per heavy atom. The Bertz CT molecular complexity index is 398. The molecule has 0 aliphatic carbocycles. The largest absolute Gasteiger partial charge is 0.300 e. The van der Waals surface area contributed by atoms with Gasteiger partial charge in [0.1, 0.15) is 11.6 Å². The quantitative estimate of drug-likeness (QED) is 0.794. The predicted molar refractivity (Wildman–Crippen MR) is 60.9 cm³/mol. The Balaban J connectivity index is 2.03. The van der Waals surface area contributed by atoms with Crippen LogP contribution in [0.5, 0.6) is 0 Å². The number of likely N-dealkylation sites (tertiary alicyclic amines) is 1. The maximum atomic E-state index is 13.0. The van der Waals surface area contributed by atoms with E-state index in [4.69, 9.17) is 11.6 Å².